The van der Waals surface area contributed by atoms with Crippen LogP contribution in [0.5, 0.6) is 0 Å². The Morgan fingerprint density at radius 3 is 2.72 bits per heavy atom. The van der Waals surface area contributed by atoms with Crippen molar-refractivity contribution in [1.82, 2.24) is 14.1 Å². The lowest BCUT2D eigenvalue weighted by Gasteiger charge is -2.12. The number of rotatable bonds is 4. The van der Waals surface area contributed by atoms with E-state index in [1.807, 2.05) is 48.5 Å². The van der Waals surface area contributed by atoms with E-state index in [4.69, 9.17) is 11.6 Å². The molecule has 0 aliphatic heterocycles. The molecule has 4 nitrogen and oxygen atoms in total. The lowest BCUT2D eigenvalue weighted by Crippen LogP contribution is -2.06. The van der Waals surface area contributed by atoms with E-state index >= 15 is 0 Å². The van der Waals surface area contributed by atoms with Gasteiger partial charge in [0.25, 0.3) is 0 Å². The van der Waals surface area contributed by atoms with Crippen molar-refractivity contribution in [2.45, 2.75) is 26.5 Å². The number of hydrogen-bond acceptors (Lipinski definition) is 2. The Bertz CT molecular complexity index is 530. The second-order valence-corrected chi connectivity index (χ2v) is 5.25. The molecule has 0 bridgehead atoms. The molecule has 5 heteroatoms. The fourth-order valence-electron chi connectivity index (χ4n) is 1.85. The minimum absolute atomic E-state index is 0.212. The lowest BCUT2D eigenvalue weighted by atomic mass is 10.0. The molecule has 1 N–H and O–H groups in total. The fraction of sp³-hybridized carbons (Fsp3) is 0.462. The highest BCUT2D eigenvalue weighted by molar-refractivity contribution is 6.29. The minimum Gasteiger partial charge on any atom is -0.388 e. The lowest BCUT2D eigenvalue weighted by molar-refractivity contribution is 0.127. The number of imidazole rings is 1. The molecule has 18 heavy (non-hydrogen) atoms. The van der Waals surface area contributed by atoms with Gasteiger partial charge < -0.3 is 14.2 Å². The van der Waals surface area contributed by atoms with Crippen LogP contribution in [0.15, 0.2) is 24.7 Å². The van der Waals surface area contributed by atoms with Gasteiger partial charge in [0.1, 0.15) is 11.0 Å². The molecule has 0 spiro atoms. The zero-order valence-corrected chi connectivity index (χ0v) is 11.6. The maximum Gasteiger partial charge on any atom is 0.129 e. The first-order valence-corrected chi connectivity index (χ1v) is 6.36. The van der Waals surface area contributed by atoms with Crippen molar-refractivity contribution < 1.29 is 5.11 Å². The second-order valence-electron chi connectivity index (χ2n) is 4.86. The molecule has 0 saturated carbocycles. The highest BCUT2D eigenvalue weighted by atomic mass is 35.5. The van der Waals surface area contributed by atoms with Crippen molar-refractivity contribution in [2.75, 3.05) is 0 Å². The molecule has 1 unspecified atom stereocenters. The summed E-state index contributed by atoms with van der Waals surface area (Å²) >= 11 is 5.94. The van der Waals surface area contributed by atoms with Crippen molar-refractivity contribution in [3.63, 3.8) is 0 Å². The summed E-state index contributed by atoms with van der Waals surface area (Å²) in [7, 11) is 1.89. The van der Waals surface area contributed by atoms with Crippen LogP contribution in [0.2, 0.25) is 5.15 Å². The van der Waals surface area contributed by atoms with Crippen molar-refractivity contribution in [2.24, 2.45) is 13.0 Å². The highest BCUT2D eigenvalue weighted by Gasteiger charge is 2.13. The van der Waals surface area contributed by atoms with E-state index in [-0.39, 0.29) is 5.92 Å². The van der Waals surface area contributed by atoms with Crippen LogP contribution in [0, 0.1) is 5.92 Å². The molecule has 2 aromatic heterocycles. The second kappa shape index (κ2) is 5.16. The number of aliphatic hydroxyl groups is 1. The SMILES string of the molecule is CC(C)C(O)c1ccn(Cc2ncc(Cl)n2C)c1. The third-order valence-electron chi connectivity index (χ3n) is 3.10. The fourth-order valence-corrected chi connectivity index (χ4v) is 2.00. The molecule has 0 aliphatic carbocycles. The first kappa shape index (κ1) is 13.2. The van der Waals surface area contributed by atoms with E-state index in [0.717, 1.165) is 11.4 Å². The molecule has 0 amide bonds. The molecule has 0 aromatic carbocycles. The van der Waals surface area contributed by atoms with E-state index < -0.39 is 6.10 Å². The molecular formula is C13H18ClN3O. The Balaban J connectivity index is 2.14. The zero-order chi connectivity index (χ0) is 13.3. The van der Waals surface area contributed by atoms with Gasteiger partial charge in [-0.15, -0.1) is 0 Å². The van der Waals surface area contributed by atoms with Crippen molar-refractivity contribution in [3.8, 4) is 0 Å². The van der Waals surface area contributed by atoms with Crippen LogP contribution < -0.4 is 0 Å². The Morgan fingerprint density at radius 2 is 2.17 bits per heavy atom. The predicted octanol–water partition coefficient (Wildman–Crippen LogP) is 2.61. The van der Waals surface area contributed by atoms with Crippen LogP contribution in [0.1, 0.15) is 31.3 Å². The van der Waals surface area contributed by atoms with Crippen LogP contribution in [-0.4, -0.2) is 19.2 Å². The van der Waals surface area contributed by atoms with Gasteiger partial charge in [0.2, 0.25) is 0 Å². The minimum atomic E-state index is -0.420. The first-order valence-electron chi connectivity index (χ1n) is 5.99. The van der Waals surface area contributed by atoms with Crippen LogP contribution in [0.4, 0.5) is 0 Å². The van der Waals surface area contributed by atoms with Gasteiger partial charge in [0.05, 0.1) is 18.8 Å². The van der Waals surface area contributed by atoms with Crippen LogP contribution in [0.3, 0.4) is 0 Å². The van der Waals surface area contributed by atoms with Gasteiger partial charge in [0, 0.05) is 19.4 Å². The van der Waals surface area contributed by atoms with E-state index in [0.29, 0.717) is 11.7 Å². The number of nitrogens with zero attached hydrogens (tertiary/aromatic N) is 3. The first-order chi connectivity index (χ1) is 8.49. The summed E-state index contributed by atoms with van der Waals surface area (Å²) in [5, 5.41) is 10.6. The number of hydrogen-bond donors (Lipinski definition) is 1. The Hall–Kier alpha value is -1.26. The number of aromatic nitrogens is 3. The summed E-state index contributed by atoms with van der Waals surface area (Å²) in [6.07, 6.45) is 5.12. The topological polar surface area (TPSA) is 43.0 Å². The summed E-state index contributed by atoms with van der Waals surface area (Å²) in [5.41, 5.74) is 0.935. The van der Waals surface area contributed by atoms with Gasteiger partial charge in [-0.3, -0.25) is 0 Å². The normalized spacial score (nSPS) is 13.2. The number of halogens is 1. The van der Waals surface area contributed by atoms with E-state index in [9.17, 15) is 5.11 Å². The summed E-state index contributed by atoms with van der Waals surface area (Å²) < 4.78 is 3.85. The molecule has 0 radical (unpaired) electrons. The van der Waals surface area contributed by atoms with E-state index in [2.05, 4.69) is 4.98 Å². The van der Waals surface area contributed by atoms with Crippen LogP contribution in [0.25, 0.3) is 0 Å². The van der Waals surface area contributed by atoms with Gasteiger partial charge in [-0.25, -0.2) is 4.98 Å². The average molecular weight is 268 g/mol. The molecule has 0 aliphatic rings. The Labute approximate surface area is 112 Å². The monoisotopic (exact) mass is 267 g/mol. The smallest absolute Gasteiger partial charge is 0.129 e. The highest BCUT2D eigenvalue weighted by Crippen LogP contribution is 2.21. The molecule has 2 rings (SSSR count). The summed E-state index contributed by atoms with van der Waals surface area (Å²) in [5.74, 6) is 1.10. The Kier molecular flexibility index (Phi) is 3.78. The van der Waals surface area contributed by atoms with Gasteiger partial charge in [-0.1, -0.05) is 25.4 Å². The predicted molar refractivity (Wildman–Crippen MR) is 71.5 cm³/mol. The van der Waals surface area contributed by atoms with Crippen molar-refractivity contribution >= 4 is 11.6 Å². The van der Waals surface area contributed by atoms with Crippen molar-refractivity contribution in [3.05, 3.63) is 41.2 Å². The van der Waals surface area contributed by atoms with Gasteiger partial charge in [0.15, 0.2) is 0 Å². The number of aliphatic hydroxyl groups excluding tert-OH is 1. The summed E-state index contributed by atoms with van der Waals surface area (Å²) in [4.78, 5) is 4.25. The van der Waals surface area contributed by atoms with Crippen LogP contribution in [-0.2, 0) is 13.6 Å². The van der Waals surface area contributed by atoms with Crippen LogP contribution >= 0.6 is 11.6 Å². The maximum atomic E-state index is 9.98. The largest absolute Gasteiger partial charge is 0.388 e. The molecular weight excluding hydrogens is 250 g/mol. The maximum absolute atomic E-state index is 9.98. The molecule has 98 valence electrons. The van der Waals surface area contributed by atoms with Crippen molar-refractivity contribution in [1.29, 1.82) is 0 Å². The quantitative estimate of drug-likeness (QED) is 0.925. The van der Waals surface area contributed by atoms with E-state index in [1.165, 1.54) is 0 Å². The molecule has 0 saturated heterocycles. The van der Waals surface area contributed by atoms with Gasteiger partial charge in [-0.05, 0) is 17.5 Å². The molecule has 1 atom stereocenters. The summed E-state index contributed by atoms with van der Waals surface area (Å²) in [6.45, 7) is 4.65. The van der Waals surface area contributed by atoms with E-state index in [1.54, 1.807) is 6.20 Å². The van der Waals surface area contributed by atoms with Gasteiger partial charge >= 0.3 is 0 Å². The zero-order valence-electron chi connectivity index (χ0n) is 10.8. The third-order valence-corrected chi connectivity index (χ3v) is 3.45. The Morgan fingerprint density at radius 1 is 1.44 bits per heavy atom. The molecule has 0 fully saturated rings. The summed E-state index contributed by atoms with van der Waals surface area (Å²) in [6, 6.07) is 1.94. The third kappa shape index (κ3) is 2.60. The van der Waals surface area contributed by atoms with Gasteiger partial charge in [-0.2, -0.15) is 0 Å². The average Bonchev–Trinajstić information content (AvgIpc) is 2.90. The molecule has 2 aromatic rings. The standard InChI is InChI=1S/C13H18ClN3O/c1-9(2)13(18)10-4-5-17(7-10)8-12-15-6-11(14)16(12)3/h4-7,9,13,18H,8H2,1-3H3. The molecule has 2 heterocycles.